The summed E-state index contributed by atoms with van der Waals surface area (Å²) >= 11 is 1.87. The fourth-order valence-corrected chi connectivity index (χ4v) is 24.5. The molecule has 10 heteroatoms. The van der Waals surface area contributed by atoms with Crippen LogP contribution in [0.15, 0.2) is 490 Å². The molecule has 0 N–H and O–H groups in total. The van der Waals surface area contributed by atoms with Gasteiger partial charge in [-0.1, -0.05) is 432 Å². The minimum atomic E-state index is -0.0548. The van der Waals surface area contributed by atoms with Gasteiger partial charge in [-0.3, -0.25) is 0 Å². The molecule has 0 bridgehead atoms. The molecule has 0 amide bonds. The van der Waals surface area contributed by atoms with Crippen LogP contribution in [-0.2, 0) is 5.41 Å². The van der Waals surface area contributed by atoms with Crippen LogP contribution in [0.4, 0.5) is 0 Å². The van der Waals surface area contributed by atoms with Crippen molar-refractivity contribution in [2.24, 2.45) is 0 Å². The molecule has 25 aromatic carbocycles. The fourth-order valence-electron chi connectivity index (χ4n) is 23.4. The molecular formula is C139H86N8OS. The van der Waals surface area contributed by atoms with Gasteiger partial charge in [-0.05, 0) is 224 Å². The van der Waals surface area contributed by atoms with Gasteiger partial charge in [-0.15, -0.1) is 11.3 Å². The molecule has 0 saturated carbocycles. The Kier molecular flexibility index (Phi) is 20.3. The first kappa shape index (κ1) is 86.4. The van der Waals surface area contributed by atoms with E-state index < -0.39 is 0 Å². The van der Waals surface area contributed by atoms with E-state index >= 15 is 0 Å². The molecule has 1 aliphatic rings. The van der Waals surface area contributed by atoms with E-state index in [1.807, 2.05) is 169 Å². The van der Waals surface area contributed by atoms with Gasteiger partial charge in [-0.25, -0.2) is 39.9 Å². The first-order valence-corrected chi connectivity index (χ1v) is 51.5. The second kappa shape index (κ2) is 35.1. The molecule has 30 aromatic rings. The molecule has 31 rings (SSSR count). The van der Waals surface area contributed by atoms with Crippen molar-refractivity contribution < 1.29 is 4.42 Å². The maximum atomic E-state index is 6.33. The lowest BCUT2D eigenvalue weighted by molar-refractivity contribution is 0.661. The summed E-state index contributed by atoms with van der Waals surface area (Å²) in [5.74, 6) is 3.92. The Morgan fingerprint density at radius 3 is 1.07 bits per heavy atom. The Balaban J connectivity index is 0.000000106. The zero-order valence-electron chi connectivity index (χ0n) is 81.1. The second-order valence-corrected chi connectivity index (χ2v) is 40.4. The van der Waals surface area contributed by atoms with E-state index in [0.29, 0.717) is 34.9 Å². The first-order valence-electron chi connectivity index (χ1n) is 50.6. The van der Waals surface area contributed by atoms with Gasteiger partial charge in [0, 0.05) is 86.3 Å². The smallest absolute Gasteiger partial charge is 0.164 e. The third-order valence-corrected chi connectivity index (χ3v) is 31.6. The number of rotatable bonds is 10. The Labute approximate surface area is 860 Å². The fraction of sp³-hybridized carbons (Fsp3) is 0.0216. The van der Waals surface area contributed by atoms with Gasteiger partial charge in [0.15, 0.2) is 34.9 Å². The van der Waals surface area contributed by atoms with Gasteiger partial charge in [0.05, 0.1) is 22.4 Å². The van der Waals surface area contributed by atoms with Crippen molar-refractivity contribution >= 4 is 183 Å². The number of benzene rings is 25. The molecule has 0 radical (unpaired) electrons. The second-order valence-electron chi connectivity index (χ2n) is 39.3. The number of furan rings is 1. The van der Waals surface area contributed by atoms with Gasteiger partial charge >= 0.3 is 0 Å². The van der Waals surface area contributed by atoms with Crippen molar-refractivity contribution in [3.63, 3.8) is 0 Å². The minimum Gasteiger partial charge on any atom is -0.456 e. The number of para-hydroxylation sites is 3. The maximum Gasteiger partial charge on any atom is 0.164 e. The van der Waals surface area contributed by atoms with E-state index in [-0.39, 0.29) is 5.41 Å². The molecule has 9 nitrogen and oxygen atoms in total. The van der Waals surface area contributed by atoms with Crippen molar-refractivity contribution in [3.05, 3.63) is 496 Å². The summed E-state index contributed by atoms with van der Waals surface area (Å²) in [6, 6.07) is 172. The summed E-state index contributed by atoms with van der Waals surface area (Å²) in [5.41, 5.74) is 23.5. The molecule has 5 heterocycles. The number of aromatic nitrogens is 8. The highest BCUT2D eigenvalue weighted by molar-refractivity contribution is 7.26. The van der Waals surface area contributed by atoms with Crippen LogP contribution in [-0.4, -0.2) is 39.9 Å². The molecule has 0 unspecified atom stereocenters. The Morgan fingerprint density at radius 2 is 0.537 bits per heavy atom. The standard InChI is InChI=1S/C52H35N3.C49H29N3O.C38H22N2S/c1-52(2)44-20-12-11-19-43(44)48-45(52)30-26-33-22-21-32-23-24-37-31-36(25-27-39(37)46(32)47(33)48)38-28-29-42(41-18-10-9-17-40(38)41)51-54-49(34-13-5-3-6-14-34)53-50(55-51)35-15-7-4-8-16-35;1-3-11-32(12-4-1)47-50-48(33-13-5-2-6-14-33)52-49(51-47)40-27-26-36(38-15-7-8-16-39(38)40)34-23-25-37-35(29-34)22-21-30-19-20-31-24-28-43-46(45(31)44(30)37)41-17-9-10-18-42(41)53-43;1-2-8-24(9-3-1)37-38(40-32-12-6-5-11-31(32)39-37)26-17-18-27-25(22-26)15-14-23-16-19-29-28(35(23)27)20-21-34-36(29)30-10-4-7-13-33(30)41-34/h3-31H,1-2H3;1-29H;1-22H. The van der Waals surface area contributed by atoms with E-state index in [0.717, 1.165) is 116 Å². The summed E-state index contributed by atoms with van der Waals surface area (Å²) in [7, 11) is 0. The number of nitrogens with zero attached hydrogens (tertiary/aromatic N) is 8. The number of hydrogen-bond acceptors (Lipinski definition) is 10. The minimum absolute atomic E-state index is 0.0548. The highest BCUT2D eigenvalue weighted by Crippen LogP contribution is 2.55. The molecule has 149 heavy (non-hydrogen) atoms. The molecule has 694 valence electrons. The number of thiophene rings is 1. The Bertz CT molecular complexity index is 10700. The van der Waals surface area contributed by atoms with E-state index in [4.69, 9.17) is 44.3 Å². The highest BCUT2D eigenvalue weighted by atomic mass is 32.1. The van der Waals surface area contributed by atoms with Gasteiger partial charge in [0.25, 0.3) is 0 Å². The summed E-state index contributed by atoms with van der Waals surface area (Å²) in [6.45, 7) is 4.72. The van der Waals surface area contributed by atoms with Gasteiger partial charge in [-0.2, -0.15) is 0 Å². The first-order chi connectivity index (χ1) is 73.6. The largest absolute Gasteiger partial charge is 0.456 e. The summed E-state index contributed by atoms with van der Waals surface area (Å²) in [5, 5.41) is 32.2. The lowest BCUT2D eigenvalue weighted by Gasteiger charge is -2.21. The van der Waals surface area contributed by atoms with E-state index in [2.05, 4.69) is 341 Å². The van der Waals surface area contributed by atoms with Crippen molar-refractivity contribution in [3.8, 4) is 124 Å². The van der Waals surface area contributed by atoms with Gasteiger partial charge < -0.3 is 4.42 Å². The van der Waals surface area contributed by atoms with Crippen molar-refractivity contribution in [2.75, 3.05) is 0 Å². The third-order valence-electron chi connectivity index (χ3n) is 30.4. The monoisotopic (exact) mass is 1910 g/mol. The van der Waals surface area contributed by atoms with Gasteiger partial charge in [0.2, 0.25) is 0 Å². The number of fused-ring (bicyclic) bond motifs is 30. The van der Waals surface area contributed by atoms with Crippen LogP contribution in [0.1, 0.15) is 25.0 Å². The summed E-state index contributed by atoms with van der Waals surface area (Å²) in [6.07, 6.45) is 0. The molecule has 5 aromatic heterocycles. The SMILES string of the molecule is CC1(C)c2ccccc2-c2c1ccc1ccc3ccc4cc(-c5ccc(-c6nc(-c7ccccc7)nc(-c7ccccc7)n6)c6ccccc56)ccc4c3c21.c1ccc(-c2nc(-c3ccccc3)nc(-c3ccc(-c4ccc5c(ccc6ccc7ccc8oc9ccccc9c8c7c65)c4)c4ccccc34)n2)cc1.c1ccc(-c2nc3ccccc3nc2-c2ccc3c(ccc4ccc5c(ccc6sc7ccccc7c65)c43)c2)cc1. The zero-order valence-corrected chi connectivity index (χ0v) is 81.9. The van der Waals surface area contributed by atoms with Crippen LogP contribution >= 0.6 is 11.3 Å². The van der Waals surface area contributed by atoms with Crippen molar-refractivity contribution in [2.45, 2.75) is 19.3 Å². The Morgan fingerprint density at radius 1 is 0.181 bits per heavy atom. The summed E-state index contributed by atoms with van der Waals surface area (Å²) in [4.78, 5) is 40.3. The van der Waals surface area contributed by atoms with E-state index in [1.54, 1.807) is 0 Å². The predicted octanol–water partition coefficient (Wildman–Crippen LogP) is 37.3. The van der Waals surface area contributed by atoms with Crippen LogP contribution in [0, 0.1) is 0 Å². The van der Waals surface area contributed by atoms with Crippen LogP contribution in [0.2, 0.25) is 0 Å². The predicted molar refractivity (Wildman–Crippen MR) is 624 cm³/mol. The molecule has 1 aliphatic carbocycles. The lowest BCUT2D eigenvalue weighted by atomic mass is 9.81. The summed E-state index contributed by atoms with van der Waals surface area (Å²) < 4.78 is 9.00. The van der Waals surface area contributed by atoms with Crippen LogP contribution < -0.4 is 0 Å². The Hall–Kier alpha value is -19.3. The molecule has 0 saturated heterocycles. The average molecular weight is 1920 g/mol. The van der Waals surface area contributed by atoms with Gasteiger partial charge in [0.1, 0.15) is 11.2 Å². The van der Waals surface area contributed by atoms with Crippen LogP contribution in [0.3, 0.4) is 0 Å². The maximum absolute atomic E-state index is 6.33. The molecule has 0 spiro atoms. The number of hydrogen-bond donors (Lipinski definition) is 0. The van der Waals surface area contributed by atoms with Crippen molar-refractivity contribution in [1.29, 1.82) is 0 Å². The van der Waals surface area contributed by atoms with E-state index in [9.17, 15) is 0 Å². The van der Waals surface area contributed by atoms with Crippen molar-refractivity contribution in [1.82, 2.24) is 39.9 Å². The molecular weight excluding hydrogens is 1830 g/mol. The highest BCUT2D eigenvalue weighted by Gasteiger charge is 2.37. The quantitative estimate of drug-likeness (QED) is 0.123. The average Bonchev–Trinajstić information content (AvgIpc) is 1.53. The third kappa shape index (κ3) is 14.6. The normalized spacial score (nSPS) is 12.3. The zero-order chi connectivity index (χ0) is 98.5. The molecule has 0 fully saturated rings. The van der Waals surface area contributed by atoms with Crippen LogP contribution in [0.5, 0.6) is 0 Å². The topological polar surface area (TPSA) is 116 Å². The lowest BCUT2D eigenvalue weighted by Crippen LogP contribution is -2.14. The molecule has 0 atom stereocenters. The van der Waals surface area contributed by atoms with Crippen LogP contribution in [0.25, 0.3) is 296 Å². The molecule has 0 aliphatic heterocycles. The van der Waals surface area contributed by atoms with E-state index in [1.165, 1.54) is 156 Å².